The second-order valence-electron chi connectivity index (χ2n) is 6.58. The van der Waals surface area contributed by atoms with Crippen LogP contribution in [0.3, 0.4) is 0 Å². The Kier molecular flexibility index (Phi) is 3.78. The average molecular weight is 400 g/mol. The molecule has 1 N–H and O–H groups in total. The van der Waals surface area contributed by atoms with E-state index in [1.165, 1.54) is 9.80 Å². The number of nitrogens with zero attached hydrogens (tertiary/aromatic N) is 2. The largest absolute Gasteiger partial charge is 0.465 e. The quantitative estimate of drug-likeness (QED) is 0.771. The first-order valence-electron chi connectivity index (χ1n) is 7.87. The molecular formula is C15H17F5N2O3S. The summed E-state index contributed by atoms with van der Waals surface area (Å²) in [6.45, 7) is 0.934. The van der Waals surface area contributed by atoms with Crippen LogP contribution < -0.4 is 0 Å². The molecule has 11 heteroatoms. The Bertz CT molecular complexity index is 745. The third kappa shape index (κ3) is 3.87. The van der Waals surface area contributed by atoms with Gasteiger partial charge in [-0.15, -0.1) is 0 Å². The zero-order valence-electron chi connectivity index (χ0n) is 13.5. The minimum Gasteiger partial charge on any atom is -0.465 e. The molecule has 1 saturated heterocycles. The fourth-order valence-corrected chi connectivity index (χ4v) is 3.81. The van der Waals surface area contributed by atoms with Crippen molar-refractivity contribution in [3.8, 4) is 0 Å². The smallest absolute Gasteiger partial charge is 0.407 e. The molecule has 2 unspecified atom stereocenters. The second-order valence-corrected chi connectivity index (χ2v) is 8.99. The Morgan fingerprint density at radius 3 is 1.88 bits per heavy atom. The summed E-state index contributed by atoms with van der Waals surface area (Å²) in [4.78, 5) is 24.1. The highest BCUT2D eigenvalue weighted by molar-refractivity contribution is 8.45. The van der Waals surface area contributed by atoms with Gasteiger partial charge in [-0.05, 0) is 30.0 Å². The molecule has 1 aliphatic carbocycles. The van der Waals surface area contributed by atoms with Gasteiger partial charge in [0.15, 0.2) is 0 Å². The number of halogens is 5. The Morgan fingerprint density at radius 1 is 0.923 bits per heavy atom. The molecule has 26 heavy (non-hydrogen) atoms. The Hall–Kier alpha value is -2.04. The third-order valence-corrected chi connectivity index (χ3v) is 5.89. The van der Waals surface area contributed by atoms with Crippen molar-refractivity contribution in [1.82, 2.24) is 9.80 Å². The normalized spacial score (nSPS) is 26.0. The number of carbonyl (C=O) groups is 2. The van der Waals surface area contributed by atoms with Gasteiger partial charge in [0.05, 0.1) is 0 Å². The van der Waals surface area contributed by atoms with Crippen LogP contribution in [0.25, 0.3) is 0 Å². The molecule has 2 aliphatic rings. The van der Waals surface area contributed by atoms with Crippen LogP contribution >= 0.6 is 10.2 Å². The van der Waals surface area contributed by atoms with E-state index in [1.54, 1.807) is 0 Å². The molecule has 2 atom stereocenters. The van der Waals surface area contributed by atoms with E-state index in [9.17, 15) is 29.0 Å². The number of benzene rings is 1. The van der Waals surface area contributed by atoms with Crippen molar-refractivity contribution in [3.05, 3.63) is 29.8 Å². The van der Waals surface area contributed by atoms with Gasteiger partial charge in [-0.2, -0.15) is 0 Å². The fraction of sp³-hybridized carbons (Fsp3) is 0.467. The summed E-state index contributed by atoms with van der Waals surface area (Å²) in [5.74, 6) is -0.887. The zero-order valence-corrected chi connectivity index (χ0v) is 14.3. The predicted molar refractivity (Wildman–Crippen MR) is 84.9 cm³/mol. The molecule has 1 saturated carbocycles. The van der Waals surface area contributed by atoms with E-state index in [-0.39, 0.29) is 38.0 Å². The van der Waals surface area contributed by atoms with Gasteiger partial charge >= 0.3 is 16.3 Å². The van der Waals surface area contributed by atoms with Gasteiger partial charge in [0.2, 0.25) is 5.91 Å². The van der Waals surface area contributed by atoms with Gasteiger partial charge in [-0.25, -0.2) is 4.79 Å². The standard InChI is InChI=1S/C15H17F5N2O3S/c16-26(17,18,19,20)11-3-1-10(2-4-11)12-9-13(12)14(23)21-5-7-22(8-6-21)15(24)25/h1-4,12-13H,5-9H2,(H,24,25). The van der Waals surface area contributed by atoms with Crippen LogP contribution in [-0.2, 0) is 4.79 Å². The minimum absolute atomic E-state index is 0.183. The lowest BCUT2D eigenvalue weighted by molar-refractivity contribution is -0.134. The van der Waals surface area contributed by atoms with Crippen molar-refractivity contribution in [2.45, 2.75) is 17.2 Å². The minimum atomic E-state index is -9.69. The number of carbonyl (C=O) groups excluding carboxylic acids is 1. The SMILES string of the molecule is O=C(O)N1CCN(C(=O)C2CC2c2ccc(S(F)(F)(F)(F)F)cc2)CC1. The molecule has 1 aliphatic heterocycles. The van der Waals surface area contributed by atoms with Gasteiger partial charge in [-0.3, -0.25) is 4.79 Å². The van der Waals surface area contributed by atoms with Crippen molar-refractivity contribution < 1.29 is 34.1 Å². The van der Waals surface area contributed by atoms with Gasteiger partial charge in [0.25, 0.3) is 0 Å². The highest BCUT2D eigenvalue weighted by Gasteiger charge is 2.65. The molecular weight excluding hydrogens is 383 g/mol. The molecule has 2 fully saturated rings. The maximum absolute atomic E-state index is 12.7. The van der Waals surface area contributed by atoms with Crippen molar-refractivity contribution in [2.24, 2.45) is 5.92 Å². The van der Waals surface area contributed by atoms with E-state index < -0.39 is 27.1 Å². The summed E-state index contributed by atoms with van der Waals surface area (Å²) in [6, 6.07) is 2.71. The van der Waals surface area contributed by atoms with Gasteiger partial charge in [0.1, 0.15) is 4.90 Å². The Balaban J connectivity index is 1.62. The van der Waals surface area contributed by atoms with Gasteiger partial charge in [0, 0.05) is 32.1 Å². The molecule has 0 aromatic heterocycles. The van der Waals surface area contributed by atoms with Crippen molar-refractivity contribution in [2.75, 3.05) is 26.2 Å². The average Bonchev–Trinajstić information content (AvgIpc) is 3.33. The topological polar surface area (TPSA) is 60.9 Å². The summed E-state index contributed by atoms with van der Waals surface area (Å²) < 4.78 is 63.6. The molecule has 1 aromatic rings. The summed E-state index contributed by atoms with van der Waals surface area (Å²) in [6.07, 6.45) is -0.612. The van der Waals surface area contributed by atoms with Crippen LogP contribution in [0.1, 0.15) is 17.9 Å². The number of amides is 2. The van der Waals surface area contributed by atoms with Crippen LogP contribution in [0.4, 0.5) is 24.2 Å². The number of hydrogen-bond donors (Lipinski definition) is 1. The molecule has 0 spiro atoms. The first kappa shape index (κ1) is 18.7. The zero-order chi connectivity index (χ0) is 19.4. The monoisotopic (exact) mass is 400 g/mol. The fourth-order valence-electron chi connectivity index (χ4n) is 3.16. The Labute approximate surface area is 146 Å². The predicted octanol–water partition coefficient (Wildman–Crippen LogP) is 4.27. The summed E-state index contributed by atoms with van der Waals surface area (Å²) in [7, 11) is -9.69. The molecule has 2 amide bonds. The molecule has 146 valence electrons. The van der Waals surface area contributed by atoms with Gasteiger partial charge in [-0.1, -0.05) is 31.6 Å². The van der Waals surface area contributed by atoms with Crippen molar-refractivity contribution >= 4 is 22.2 Å². The maximum atomic E-state index is 12.7. The van der Waals surface area contributed by atoms with Crippen LogP contribution in [0.5, 0.6) is 0 Å². The Morgan fingerprint density at radius 2 is 1.42 bits per heavy atom. The first-order chi connectivity index (χ1) is 11.8. The van der Waals surface area contributed by atoms with Crippen LogP contribution in [-0.4, -0.2) is 53.1 Å². The van der Waals surface area contributed by atoms with E-state index in [4.69, 9.17) is 5.11 Å². The molecule has 3 rings (SSSR count). The van der Waals surface area contributed by atoms with E-state index in [0.29, 0.717) is 24.1 Å². The van der Waals surface area contributed by atoms with E-state index in [1.807, 2.05) is 0 Å². The molecule has 5 nitrogen and oxygen atoms in total. The van der Waals surface area contributed by atoms with E-state index in [0.717, 1.165) is 12.1 Å². The molecule has 0 radical (unpaired) electrons. The number of carboxylic acid groups (broad SMARTS) is 1. The van der Waals surface area contributed by atoms with E-state index in [2.05, 4.69) is 0 Å². The number of rotatable bonds is 3. The van der Waals surface area contributed by atoms with Crippen molar-refractivity contribution in [3.63, 3.8) is 0 Å². The summed E-state index contributed by atoms with van der Waals surface area (Å²) in [5.41, 5.74) is 0.415. The molecule has 1 heterocycles. The van der Waals surface area contributed by atoms with Gasteiger partial charge < -0.3 is 14.9 Å². The van der Waals surface area contributed by atoms with Crippen LogP contribution in [0.2, 0.25) is 0 Å². The lowest BCUT2D eigenvalue weighted by atomic mass is 10.1. The van der Waals surface area contributed by atoms with Crippen molar-refractivity contribution in [1.29, 1.82) is 0 Å². The lowest BCUT2D eigenvalue weighted by Gasteiger charge is -2.40. The highest BCUT2D eigenvalue weighted by atomic mass is 32.5. The number of hydrogen-bond acceptors (Lipinski definition) is 2. The highest BCUT2D eigenvalue weighted by Crippen LogP contribution is 3.02. The maximum Gasteiger partial charge on any atom is 0.407 e. The second kappa shape index (κ2) is 5.24. The summed E-state index contributed by atoms with van der Waals surface area (Å²) in [5, 5.41) is 8.88. The number of piperazine rings is 1. The third-order valence-electron chi connectivity index (χ3n) is 4.72. The van der Waals surface area contributed by atoms with Crippen LogP contribution in [0.15, 0.2) is 29.2 Å². The summed E-state index contributed by atoms with van der Waals surface area (Å²) >= 11 is 0. The first-order valence-corrected chi connectivity index (χ1v) is 9.82. The lowest BCUT2D eigenvalue weighted by Crippen LogP contribution is -2.50. The van der Waals surface area contributed by atoms with E-state index >= 15 is 0 Å². The molecule has 0 bridgehead atoms. The van der Waals surface area contributed by atoms with Crippen LogP contribution in [0, 0.1) is 5.92 Å². The molecule has 1 aromatic carbocycles.